The molecule has 1 unspecified atom stereocenters. The minimum atomic E-state index is -0.594. The molecule has 1 aliphatic heterocycles. The Morgan fingerprint density at radius 2 is 2.05 bits per heavy atom. The summed E-state index contributed by atoms with van der Waals surface area (Å²) in [5.41, 5.74) is -0.157. The maximum atomic E-state index is 12.2. The highest BCUT2D eigenvalue weighted by Gasteiger charge is 2.27. The van der Waals surface area contributed by atoms with Gasteiger partial charge in [-0.2, -0.15) is 5.10 Å². The summed E-state index contributed by atoms with van der Waals surface area (Å²) in [4.78, 5) is 25.4. The molecule has 0 saturated carbocycles. The minimum absolute atomic E-state index is 0.0775. The minimum Gasteiger partial charge on any atom is -0.391 e. The number of hydrogen-bond donors (Lipinski definition) is 1. The molecule has 1 aromatic carbocycles. The summed E-state index contributed by atoms with van der Waals surface area (Å²) in [5, 5.41) is 15.0. The zero-order chi connectivity index (χ0) is 14.1. The lowest BCUT2D eigenvalue weighted by Crippen LogP contribution is -2.33. The average Bonchev–Trinajstić information content (AvgIpc) is 2.77. The van der Waals surface area contributed by atoms with E-state index in [1.807, 2.05) is 18.2 Å². The van der Waals surface area contributed by atoms with Crippen LogP contribution in [0.4, 0.5) is 0 Å². The molecule has 1 N–H and O–H groups in total. The summed E-state index contributed by atoms with van der Waals surface area (Å²) in [6.45, 7) is 1.06. The molecule has 1 fully saturated rings. The van der Waals surface area contributed by atoms with Gasteiger partial charge in [-0.15, -0.1) is 0 Å². The molecule has 1 atom stereocenters. The van der Waals surface area contributed by atoms with Crippen molar-refractivity contribution in [2.75, 3.05) is 13.1 Å². The number of β-amino-alcohol motifs (C(OH)–C–C–N with tert-alkyl or cyclic N) is 1. The van der Waals surface area contributed by atoms with E-state index in [9.17, 15) is 14.7 Å². The van der Waals surface area contributed by atoms with Crippen molar-refractivity contribution in [3.05, 3.63) is 40.8 Å². The van der Waals surface area contributed by atoms with Gasteiger partial charge in [-0.1, -0.05) is 18.2 Å². The fourth-order valence-corrected chi connectivity index (χ4v) is 2.47. The smallest absolute Gasteiger partial charge is 0.274 e. The van der Waals surface area contributed by atoms with Crippen molar-refractivity contribution in [3.8, 4) is 0 Å². The predicted molar refractivity (Wildman–Crippen MR) is 73.2 cm³/mol. The summed E-state index contributed by atoms with van der Waals surface area (Å²) in [7, 11) is 0. The van der Waals surface area contributed by atoms with Crippen LogP contribution in [0.1, 0.15) is 6.42 Å². The van der Waals surface area contributed by atoms with Gasteiger partial charge in [-0.25, -0.2) is 4.68 Å². The second-order valence-corrected chi connectivity index (χ2v) is 4.96. The van der Waals surface area contributed by atoms with Gasteiger partial charge in [0.1, 0.15) is 0 Å². The highest BCUT2D eigenvalue weighted by molar-refractivity contribution is 5.80. The first-order chi connectivity index (χ1) is 9.65. The van der Waals surface area contributed by atoms with E-state index in [0.717, 1.165) is 5.39 Å². The zero-order valence-electron chi connectivity index (χ0n) is 10.9. The largest absolute Gasteiger partial charge is 0.391 e. The fraction of sp³-hybridized carbons (Fsp3) is 0.357. The van der Waals surface area contributed by atoms with E-state index in [1.165, 1.54) is 4.68 Å². The number of amides is 1. The first kappa shape index (κ1) is 12.8. The summed E-state index contributed by atoms with van der Waals surface area (Å²) in [6.07, 6.45) is 1.22. The van der Waals surface area contributed by atoms with Crippen molar-refractivity contribution in [2.45, 2.75) is 19.1 Å². The molecule has 20 heavy (non-hydrogen) atoms. The van der Waals surface area contributed by atoms with Gasteiger partial charge in [0.25, 0.3) is 5.56 Å². The standard InChI is InChI=1S/C14H15N3O3/c18-11-7-13(19)16(9-11)5-6-17-14(20)12-4-2-1-3-10(12)8-15-17/h1-4,8,11,18H,5-7,9H2. The highest BCUT2D eigenvalue weighted by Crippen LogP contribution is 2.10. The van der Waals surface area contributed by atoms with Gasteiger partial charge in [0.05, 0.1) is 30.7 Å². The lowest BCUT2D eigenvalue weighted by Gasteiger charge is -2.15. The third kappa shape index (κ3) is 2.30. The zero-order valence-corrected chi connectivity index (χ0v) is 10.9. The molecule has 2 heterocycles. The number of carbonyl (C=O) groups is 1. The number of fused-ring (bicyclic) bond motifs is 1. The quantitative estimate of drug-likeness (QED) is 0.853. The topological polar surface area (TPSA) is 75.4 Å². The summed E-state index contributed by atoms with van der Waals surface area (Å²) < 4.78 is 1.36. The molecule has 3 rings (SSSR count). The van der Waals surface area contributed by atoms with Gasteiger partial charge in [-0.3, -0.25) is 9.59 Å². The van der Waals surface area contributed by atoms with Gasteiger partial charge in [0.15, 0.2) is 0 Å². The van der Waals surface area contributed by atoms with E-state index >= 15 is 0 Å². The van der Waals surface area contributed by atoms with Crippen LogP contribution < -0.4 is 5.56 Å². The van der Waals surface area contributed by atoms with Crippen LogP contribution in [0, 0.1) is 0 Å². The third-order valence-electron chi connectivity index (χ3n) is 3.54. The van der Waals surface area contributed by atoms with Crippen LogP contribution >= 0.6 is 0 Å². The van der Waals surface area contributed by atoms with Crippen LogP contribution in [-0.2, 0) is 11.3 Å². The molecule has 1 aliphatic rings. The number of benzene rings is 1. The Bertz CT molecular complexity index is 710. The molecule has 104 valence electrons. The number of aliphatic hydroxyl groups excluding tert-OH is 1. The molecule has 1 amide bonds. The Morgan fingerprint density at radius 1 is 1.25 bits per heavy atom. The molecule has 0 spiro atoms. The van der Waals surface area contributed by atoms with Crippen LogP contribution in [0.3, 0.4) is 0 Å². The van der Waals surface area contributed by atoms with Gasteiger partial charge < -0.3 is 10.0 Å². The number of likely N-dealkylation sites (tertiary alicyclic amines) is 1. The first-order valence-corrected chi connectivity index (χ1v) is 6.56. The van der Waals surface area contributed by atoms with Crippen molar-refractivity contribution in [3.63, 3.8) is 0 Å². The molecule has 0 aliphatic carbocycles. The van der Waals surface area contributed by atoms with E-state index in [2.05, 4.69) is 5.10 Å². The molecular weight excluding hydrogens is 258 g/mol. The van der Waals surface area contributed by atoms with Gasteiger partial charge in [0.2, 0.25) is 5.91 Å². The Balaban J connectivity index is 1.80. The maximum Gasteiger partial charge on any atom is 0.274 e. The van der Waals surface area contributed by atoms with E-state index in [-0.39, 0.29) is 17.9 Å². The Hall–Kier alpha value is -2.21. The first-order valence-electron chi connectivity index (χ1n) is 6.56. The molecule has 0 bridgehead atoms. The Morgan fingerprint density at radius 3 is 2.80 bits per heavy atom. The van der Waals surface area contributed by atoms with Crippen LogP contribution in [0.15, 0.2) is 35.3 Å². The molecule has 0 radical (unpaired) electrons. The van der Waals surface area contributed by atoms with Crippen LogP contribution in [-0.4, -0.2) is 44.9 Å². The molecule has 6 heteroatoms. The lowest BCUT2D eigenvalue weighted by atomic mass is 10.2. The molecule has 1 saturated heterocycles. The molecule has 6 nitrogen and oxygen atoms in total. The molecule has 1 aromatic heterocycles. The van der Waals surface area contributed by atoms with Crippen LogP contribution in [0.5, 0.6) is 0 Å². The predicted octanol–water partition coefficient (Wildman–Crippen LogP) is -0.0103. The normalized spacial score (nSPS) is 18.9. The Labute approximate surface area is 115 Å². The Kier molecular flexibility index (Phi) is 3.23. The number of nitrogens with zero attached hydrogens (tertiary/aromatic N) is 3. The molecular formula is C14H15N3O3. The van der Waals surface area contributed by atoms with Crippen molar-refractivity contribution >= 4 is 16.7 Å². The third-order valence-corrected chi connectivity index (χ3v) is 3.54. The average molecular weight is 273 g/mol. The SMILES string of the molecule is O=C1CC(O)CN1CCn1ncc2ccccc2c1=O. The monoisotopic (exact) mass is 273 g/mol. The maximum absolute atomic E-state index is 12.2. The van der Waals surface area contributed by atoms with E-state index in [0.29, 0.717) is 25.0 Å². The highest BCUT2D eigenvalue weighted by atomic mass is 16.3. The summed E-state index contributed by atoms with van der Waals surface area (Å²) in [6, 6.07) is 7.28. The van der Waals surface area contributed by atoms with Crippen molar-refractivity contribution in [1.29, 1.82) is 0 Å². The van der Waals surface area contributed by atoms with Crippen molar-refractivity contribution in [1.82, 2.24) is 14.7 Å². The van der Waals surface area contributed by atoms with E-state index in [1.54, 1.807) is 17.2 Å². The second kappa shape index (κ2) is 5.05. The van der Waals surface area contributed by atoms with Crippen molar-refractivity contribution in [2.24, 2.45) is 0 Å². The number of aromatic nitrogens is 2. The summed E-state index contributed by atoms with van der Waals surface area (Å²) in [5.74, 6) is -0.0775. The number of carbonyl (C=O) groups excluding carboxylic acids is 1. The van der Waals surface area contributed by atoms with Gasteiger partial charge in [0, 0.05) is 18.5 Å². The van der Waals surface area contributed by atoms with Gasteiger partial charge in [-0.05, 0) is 6.07 Å². The second-order valence-electron chi connectivity index (χ2n) is 4.96. The number of rotatable bonds is 3. The van der Waals surface area contributed by atoms with Crippen LogP contribution in [0.25, 0.3) is 10.8 Å². The van der Waals surface area contributed by atoms with Gasteiger partial charge >= 0.3 is 0 Å². The fourth-order valence-electron chi connectivity index (χ4n) is 2.47. The lowest BCUT2D eigenvalue weighted by molar-refractivity contribution is -0.127. The van der Waals surface area contributed by atoms with E-state index < -0.39 is 6.10 Å². The molecule has 2 aromatic rings. The van der Waals surface area contributed by atoms with Crippen LogP contribution in [0.2, 0.25) is 0 Å². The summed E-state index contributed by atoms with van der Waals surface area (Å²) >= 11 is 0. The number of hydrogen-bond acceptors (Lipinski definition) is 4. The number of aliphatic hydroxyl groups is 1. The van der Waals surface area contributed by atoms with E-state index in [4.69, 9.17) is 0 Å². The van der Waals surface area contributed by atoms with Crippen molar-refractivity contribution < 1.29 is 9.90 Å².